The first-order chi connectivity index (χ1) is 12.5. The maximum Gasteiger partial charge on any atom is 0.423 e. The van der Waals surface area contributed by atoms with Crippen LogP contribution in [0, 0.1) is 0 Å². The molecule has 0 amide bonds. The molecule has 4 nitrogen and oxygen atoms in total. The number of aromatic nitrogens is 2. The molecule has 0 saturated carbocycles. The lowest BCUT2D eigenvalue weighted by atomic mass is 10.1. The van der Waals surface area contributed by atoms with Crippen molar-refractivity contribution in [3.8, 4) is 5.88 Å². The van der Waals surface area contributed by atoms with Crippen molar-refractivity contribution in [2.24, 2.45) is 0 Å². The van der Waals surface area contributed by atoms with E-state index in [0.29, 0.717) is 11.9 Å². The van der Waals surface area contributed by atoms with E-state index in [0.717, 1.165) is 12.0 Å². The lowest BCUT2D eigenvalue weighted by Gasteiger charge is -2.23. The predicted molar refractivity (Wildman–Crippen MR) is 87.1 cm³/mol. The lowest BCUT2D eigenvalue weighted by molar-refractivity contribution is -0.159. The minimum Gasteiger partial charge on any atom is -0.467 e. The highest BCUT2D eigenvalue weighted by molar-refractivity contribution is 5.58. The fraction of sp³-hybridized carbons (Fsp3) is 0.412. The van der Waals surface area contributed by atoms with Gasteiger partial charge in [0, 0.05) is 18.4 Å². The van der Waals surface area contributed by atoms with E-state index in [1.54, 1.807) is 25.1 Å². The van der Waals surface area contributed by atoms with Crippen LogP contribution < -0.4 is 9.64 Å². The highest BCUT2D eigenvalue weighted by atomic mass is 19.4. The zero-order valence-electron chi connectivity index (χ0n) is 14.5. The monoisotopic (exact) mass is 393 g/mol. The number of anilines is 2. The van der Waals surface area contributed by atoms with E-state index in [1.165, 1.54) is 4.90 Å². The van der Waals surface area contributed by atoms with Gasteiger partial charge in [0.25, 0.3) is 0 Å². The van der Waals surface area contributed by atoms with E-state index in [1.807, 2.05) is 13.0 Å². The second kappa shape index (κ2) is 8.01. The van der Waals surface area contributed by atoms with Crippen LogP contribution >= 0.6 is 0 Å². The number of aryl methyl sites for hydroxylation is 1. The molecule has 10 heteroatoms. The summed E-state index contributed by atoms with van der Waals surface area (Å²) >= 11 is 0. The van der Waals surface area contributed by atoms with E-state index in [-0.39, 0.29) is 12.5 Å². The van der Waals surface area contributed by atoms with Crippen molar-refractivity contribution >= 4 is 11.6 Å². The molecular weight excluding hydrogens is 376 g/mol. The van der Waals surface area contributed by atoms with Gasteiger partial charge in [0.2, 0.25) is 11.8 Å². The van der Waals surface area contributed by atoms with Gasteiger partial charge < -0.3 is 9.64 Å². The minimum absolute atomic E-state index is 0.184. The van der Waals surface area contributed by atoms with Crippen molar-refractivity contribution in [1.82, 2.24) is 9.97 Å². The quantitative estimate of drug-likeness (QED) is 0.636. The first-order valence-electron chi connectivity index (χ1n) is 8.05. The molecule has 0 atom stereocenters. The van der Waals surface area contributed by atoms with Crippen LogP contribution in [-0.2, 0) is 12.6 Å². The summed E-state index contributed by atoms with van der Waals surface area (Å²) in [6.07, 6.45) is -8.58. The molecule has 0 N–H and O–H groups in total. The number of hydrogen-bond donors (Lipinski definition) is 0. The number of rotatable bonds is 6. The molecule has 2 rings (SSSR count). The fourth-order valence-electron chi connectivity index (χ4n) is 2.33. The van der Waals surface area contributed by atoms with Crippen LogP contribution in [0.2, 0.25) is 0 Å². The van der Waals surface area contributed by atoms with Gasteiger partial charge in [0.15, 0.2) is 6.61 Å². The third kappa shape index (κ3) is 5.48. The Morgan fingerprint density at radius 2 is 1.78 bits per heavy atom. The van der Waals surface area contributed by atoms with Crippen LogP contribution in [0.5, 0.6) is 5.88 Å². The van der Waals surface area contributed by atoms with Gasteiger partial charge in [-0.2, -0.15) is 31.3 Å². The summed E-state index contributed by atoms with van der Waals surface area (Å²) in [7, 11) is 0. The standard InChI is InChI=1S/C17H17F6N3O/c1-3-11-6-5-7-12(8-11)26(4-2)15-24-9-13(17(21,22)23)14(25-15)27-10-16(18,19)20/h5-9H,3-4,10H2,1-2H3. The summed E-state index contributed by atoms with van der Waals surface area (Å²) in [4.78, 5) is 8.79. The van der Waals surface area contributed by atoms with Crippen molar-refractivity contribution < 1.29 is 31.1 Å². The summed E-state index contributed by atoms with van der Waals surface area (Å²) < 4.78 is 80.6. The predicted octanol–water partition coefficient (Wildman–Crippen LogP) is 5.16. The fourth-order valence-corrected chi connectivity index (χ4v) is 2.33. The second-order valence-corrected chi connectivity index (χ2v) is 5.56. The van der Waals surface area contributed by atoms with Crippen LogP contribution in [0.1, 0.15) is 25.0 Å². The van der Waals surface area contributed by atoms with E-state index in [4.69, 9.17) is 0 Å². The first kappa shape index (κ1) is 20.8. The van der Waals surface area contributed by atoms with Gasteiger partial charge in [-0.25, -0.2) is 4.98 Å². The Labute approximate surface area is 151 Å². The largest absolute Gasteiger partial charge is 0.467 e. The van der Waals surface area contributed by atoms with Gasteiger partial charge in [0.1, 0.15) is 5.56 Å². The topological polar surface area (TPSA) is 38.2 Å². The molecule has 2 aromatic rings. The summed E-state index contributed by atoms with van der Waals surface area (Å²) in [5, 5.41) is 0. The summed E-state index contributed by atoms with van der Waals surface area (Å²) in [6, 6.07) is 7.16. The Kier molecular flexibility index (Phi) is 6.17. The Bertz CT molecular complexity index is 776. The van der Waals surface area contributed by atoms with Crippen molar-refractivity contribution in [3.63, 3.8) is 0 Å². The van der Waals surface area contributed by atoms with Crippen molar-refractivity contribution in [2.45, 2.75) is 32.6 Å². The van der Waals surface area contributed by atoms with Gasteiger partial charge in [0.05, 0.1) is 0 Å². The second-order valence-electron chi connectivity index (χ2n) is 5.56. The summed E-state index contributed by atoms with van der Waals surface area (Å²) in [6.45, 7) is 2.06. The third-order valence-corrected chi connectivity index (χ3v) is 3.61. The van der Waals surface area contributed by atoms with Crippen LogP contribution in [0.4, 0.5) is 38.0 Å². The van der Waals surface area contributed by atoms with E-state index in [2.05, 4.69) is 14.7 Å². The number of alkyl halides is 6. The number of halogens is 6. The zero-order valence-corrected chi connectivity index (χ0v) is 14.5. The van der Waals surface area contributed by atoms with E-state index < -0.39 is 30.4 Å². The lowest BCUT2D eigenvalue weighted by Crippen LogP contribution is -2.24. The SMILES string of the molecule is CCc1cccc(N(CC)c2ncc(C(F)(F)F)c(OCC(F)(F)F)n2)c1. The van der Waals surface area contributed by atoms with E-state index >= 15 is 0 Å². The van der Waals surface area contributed by atoms with Crippen LogP contribution in [0.3, 0.4) is 0 Å². The molecule has 1 aromatic heterocycles. The van der Waals surface area contributed by atoms with Crippen molar-refractivity contribution in [3.05, 3.63) is 41.6 Å². The highest BCUT2D eigenvalue weighted by Gasteiger charge is 2.38. The van der Waals surface area contributed by atoms with Crippen LogP contribution in [-0.4, -0.2) is 29.3 Å². The molecule has 0 fully saturated rings. The Hall–Kier alpha value is -2.52. The maximum absolute atomic E-state index is 13.0. The molecule has 0 radical (unpaired) electrons. The highest BCUT2D eigenvalue weighted by Crippen LogP contribution is 2.36. The van der Waals surface area contributed by atoms with Gasteiger partial charge in [-0.1, -0.05) is 19.1 Å². The molecule has 0 saturated heterocycles. The molecule has 1 heterocycles. The van der Waals surface area contributed by atoms with Crippen molar-refractivity contribution in [2.75, 3.05) is 18.1 Å². The molecule has 0 aliphatic rings. The molecule has 0 aliphatic carbocycles. The smallest absolute Gasteiger partial charge is 0.423 e. The van der Waals surface area contributed by atoms with E-state index in [9.17, 15) is 26.3 Å². The molecule has 27 heavy (non-hydrogen) atoms. The Morgan fingerprint density at radius 1 is 1.07 bits per heavy atom. The average molecular weight is 393 g/mol. The van der Waals surface area contributed by atoms with Gasteiger partial charge in [-0.05, 0) is 31.0 Å². The molecular formula is C17H17F6N3O. The Morgan fingerprint density at radius 3 is 2.33 bits per heavy atom. The Balaban J connectivity index is 2.45. The molecule has 0 aliphatic heterocycles. The number of hydrogen-bond acceptors (Lipinski definition) is 4. The molecule has 0 spiro atoms. The van der Waals surface area contributed by atoms with Gasteiger partial charge >= 0.3 is 12.4 Å². The number of nitrogens with zero attached hydrogens (tertiary/aromatic N) is 3. The minimum atomic E-state index is -4.95. The average Bonchev–Trinajstić information content (AvgIpc) is 2.59. The van der Waals surface area contributed by atoms with Gasteiger partial charge in [-0.3, -0.25) is 0 Å². The molecule has 0 unspecified atom stereocenters. The number of ether oxygens (including phenoxy) is 1. The normalized spacial score (nSPS) is 12.1. The van der Waals surface area contributed by atoms with Gasteiger partial charge in [-0.15, -0.1) is 0 Å². The molecule has 148 valence electrons. The van der Waals surface area contributed by atoms with Crippen LogP contribution in [0.25, 0.3) is 0 Å². The maximum atomic E-state index is 13.0. The summed E-state index contributed by atoms with van der Waals surface area (Å²) in [5.41, 5.74) is 0.124. The number of benzene rings is 1. The summed E-state index contributed by atoms with van der Waals surface area (Å²) in [5.74, 6) is -1.34. The molecule has 0 bridgehead atoms. The molecule has 1 aromatic carbocycles. The first-order valence-corrected chi connectivity index (χ1v) is 8.05. The van der Waals surface area contributed by atoms with Crippen LogP contribution in [0.15, 0.2) is 30.5 Å². The third-order valence-electron chi connectivity index (χ3n) is 3.61. The zero-order chi connectivity index (χ0) is 20.2. The van der Waals surface area contributed by atoms with Crippen molar-refractivity contribution in [1.29, 1.82) is 0 Å².